The molecule has 124 valence electrons. The highest BCUT2D eigenvalue weighted by atomic mass is 19.4. The Labute approximate surface area is 136 Å². The van der Waals surface area contributed by atoms with Crippen LogP contribution in [0.15, 0.2) is 60.9 Å². The minimum Gasteiger partial charge on any atom is -0.458 e. The Bertz CT molecular complexity index is 797. The lowest BCUT2D eigenvalue weighted by atomic mass is 9.92. The van der Waals surface area contributed by atoms with Gasteiger partial charge in [-0.3, -0.25) is 4.79 Å². The minimum atomic E-state index is -4.58. The van der Waals surface area contributed by atoms with E-state index in [0.29, 0.717) is 5.56 Å². The summed E-state index contributed by atoms with van der Waals surface area (Å²) in [4.78, 5) is 12.9. The zero-order valence-corrected chi connectivity index (χ0v) is 12.6. The first kappa shape index (κ1) is 16.3. The van der Waals surface area contributed by atoms with Crippen LogP contribution in [0.3, 0.4) is 0 Å². The van der Waals surface area contributed by atoms with Crippen molar-refractivity contribution in [3.05, 3.63) is 77.5 Å². The molecule has 6 heteroatoms. The summed E-state index contributed by atoms with van der Waals surface area (Å²) in [7, 11) is 1.28. The van der Waals surface area contributed by atoms with Crippen molar-refractivity contribution in [3.63, 3.8) is 0 Å². The SMILES string of the molecule is COC1(c2ccccc2)OC=C(c2ccccc2C(F)(F)F)C1=O. The molecular formula is C18H13F3O3. The first-order chi connectivity index (χ1) is 11.4. The lowest BCUT2D eigenvalue weighted by molar-refractivity contribution is -0.190. The van der Waals surface area contributed by atoms with Gasteiger partial charge in [-0.25, -0.2) is 0 Å². The van der Waals surface area contributed by atoms with Gasteiger partial charge in [-0.2, -0.15) is 13.2 Å². The van der Waals surface area contributed by atoms with Gasteiger partial charge in [0, 0.05) is 18.2 Å². The summed E-state index contributed by atoms with van der Waals surface area (Å²) in [5, 5.41) is 0. The first-order valence-electron chi connectivity index (χ1n) is 7.10. The molecule has 0 aromatic heterocycles. The maximum Gasteiger partial charge on any atom is 0.417 e. The maximum atomic E-state index is 13.2. The smallest absolute Gasteiger partial charge is 0.417 e. The van der Waals surface area contributed by atoms with Crippen LogP contribution < -0.4 is 0 Å². The Kier molecular flexibility index (Phi) is 3.93. The van der Waals surface area contributed by atoms with Crippen LogP contribution in [-0.4, -0.2) is 12.9 Å². The number of hydrogen-bond donors (Lipinski definition) is 0. The van der Waals surface area contributed by atoms with E-state index >= 15 is 0 Å². The zero-order chi connectivity index (χ0) is 17.4. The van der Waals surface area contributed by atoms with E-state index in [1.54, 1.807) is 30.3 Å². The summed E-state index contributed by atoms with van der Waals surface area (Å²) in [6.45, 7) is 0. The lowest BCUT2D eigenvalue weighted by Crippen LogP contribution is -2.36. The molecule has 3 nitrogen and oxygen atoms in total. The van der Waals surface area contributed by atoms with Crippen LogP contribution >= 0.6 is 0 Å². The number of carbonyl (C=O) groups is 1. The number of carbonyl (C=O) groups excluding carboxylic acids is 1. The molecular weight excluding hydrogens is 321 g/mol. The van der Waals surface area contributed by atoms with Gasteiger partial charge in [-0.1, -0.05) is 48.5 Å². The largest absolute Gasteiger partial charge is 0.458 e. The Hall–Kier alpha value is -2.60. The standard InChI is InChI=1S/C18H13F3O3/c1-23-17(12-7-3-2-4-8-12)16(22)14(11-24-17)13-9-5-6-10-15(13)18(19,20)21/h2-11H,1H3. The van der Waals surface area contributed by atoms with Crippen molar-refractivity contribution in [2.75, 3.05) is 7.11 Å². The summed E-state index contributed by atoms with van der Waals surface area (Å²) >= 11 is 0. The number of benzene rings is 2. The maximum absolute atomic E-state index is 13.2. The fraction of sp³-hybridized carbons (Fsp3) is 0.167. The Morgan fingerprint density at radius 3 is 2.25 bits per heavy atom. The van der Waals surface area contributed by atoms with Gasteiger partial charge in [0.1, 0.15) is 0 Å². The van der Waals surface area contributed by atoms with Gasteiger partial charge in [0.15, 0.2) is 0 Å². The molecule has 1 aliphatic rings. The van der Waals surface area contributed by atoms with Crippen LogP contribution in [0.5, 0.6) is 0 Å². The van der Waals surface area contributed by atoms with Crippen LogP contribution in [-0.2, 0) is 26.2 Å². The van der Waals surface area contributed by atoms with Crippen LogP contribution in [0.1, 0.15) is 16.7 Å². The van der Waals surface area contributed by atoms with E-state index < -0.39 is 23.3 Å². The molecule has 0 bridgehead atoms. The van der Waals surface area contributed by atoms with E-state index in [0.717, 1.165) is 12.3 Å². The normalized spacial score (nSPS) is 20.7. The summed E-state index contributed by atoms with van der Waals surface area (Å²) < 4.78 is 50.3. The van der Waals surface area contributed by atoms with Crippen molar-refractivity contribution in [1.29, 1.82) is 0 Å². The van der Waals surface area contributed by atoms with E-state index in [2.05, 4.69) is 0 Å². The number of Topliss-reactive ketones (excluding diaryl/α,β-unsaturated/α-hetero) is 1. The minimum absolute atomic E-state index is 0.173. The molecule has 24 heavy (non-hydrogen) atoms. The van der Waals surface area contributed by atoms with Crippen molar-refractivity contribution in [2.24, 2.45) is 0 Å². The van der Waals surface area contributed by atoms with Gasteiger partial charge in [0.2, 0.25) is 5.78 Å². The van der Waals surface area contributed by atoms with Crippen LogP contribution in [0.2, 0.25) is 0 Å². The topological polar surface area (TPSA) is 35.5 Å². The predicted octanol–water partition coefficient (Wildman–Crippen LogP) is 4.15. The Morgan fingerprint density at radius 1 is 1.00 bits per heavy atom. The third kappa shape index (κ3) is 2.49. The van der Waals surface area contributed by atoms with Gasteiger partial charge in [0.25, 0.3) is 0 Å². The molecule has 0 aliphatic carbocycles. The average Bonchev–Trinajstić information content (AvgIpc) is 2.92. The molecule has 0 amide bonds. The predicted molar refractivity (Wildman–Crippen MR) is 80.6 cm³/mol. The van der Waals surface area contributed by atoms with E-state index in [4.69, 9.17) is 9.47 Å². The molecule has 0 radical (unpaired) electrons. The second-order valence-electron chi connectivity index (χ2n) is 5.21. The van der Waals surface area contributed by atoms with Crippen LogP contribution in [0.25, 0.3) is 5.57 Å². The molecule has 1 aliphatic heterocycles. The summed E-state index contributed by atoms with van der Waals surface area (Å²) in [6.07, 6.45) is -3.55. The highest BCUT2D eigenvalue weighted by molar-refractivity contribution is 6.25. The summed E-state index contributed by atoms with van der Waals surface area (Å²) in [5.74, 6) is -2.44. The molecule has 1 atom stereocenters. The molecule has 1 unspecified atom stereocenters. The number of ketones is 1. The van der Waals surface area contributed by atoms with Crippen molar-refractivity contribution in [2.45, 2.75) is 12.0 Å². The first-order valence-corrected chi connectivity index (χ1v) is 7.10. The molecule has 0 saturated heterocycles. The lowest BCUT2D eigenvalue weighted by Gasteiger charge is -2.25. The molecule has 0 N–H and O–H groups in total. The van der Waals surface area contributed by atoms with E-state index in [9.17, 15) is 18.0 Å². The Morgan fingerprint density at radius 2 is 1.62 bits per heavy atom. The number of hydrogen-bond acceptors (Lipinski definition) is 3. The molecule has 2 aromatic carbocycles. The van der Waals surface area contributed by atoms with E-state index in [1.807, 2.05) is 0 Å². The van der Waals surface area contributed by atoms with Gasteiger partial charge in [-0.15, -0.1) is 0 Å². The quantitative estimate of drug-likeness (QED) is 0.846. The summed E-state index contributed by atoms with van der Waals surface area (Å²) in [6, 6.07) is 13.2. The molecule has 0 spiro atoms. The highest BCUT2D eigenvalue weighted by Crippen LogP contribution is 2.43. The third-order valence-electron chi connectivity index (χ3n) is 3.85. The van der Waals surface area contributed by atoms with Crippen molar-refractivity contribution < 1.29 is 27.4 Å². The number of methoxy groups -OCH3 is 1. The zero-order valence-electron chi connectivity index (χ0n) is 12.6. The van der Waals surface area contributed by atoms with Gasteiger partial charge >= 0.3 is 12.0 Å². The second-order valence-corrected chi connectivity index (χ2v) is 5.21. The molecule has 1 heterocycles. The van der Waals surface area contributed by atoms with Crippen molar-refractivity contribution in [3.8, 4) is 0 Å². The number of ether oxygens (including phenoxy) is 2. The van der Waals surface area contributed by atoms with Gasteiger partial charge < -0.3 is 9.47 Å². The average molecular weight is 334 g/mol. The number of halogens is 3. The molecule has 0 saturated carbocycles. The number of rotatable bonds is 3. The Balaban J connectivity index is 2.07. The van der Waals surface area contributed by atoms with Crippen molar-refractivity contribution >= 4 is 11.4 Å². The fourth-order valence-corrected chi connectivity index (χ4v) is 2.69. The van der Waals surface area contributed by atoms with Crippen LogP contribution in [0, 0.1) is 0 Å². The molecule has 2 aromatic rings. The second kappa shape index (κ2) is 5.79. The fourth-order valence-electron chi connectivity index (χ4n) is 2.69. The summed E-state index contributed by atoms with van der Waals surface area (Å²) in [5.41, 5.74) is -0.889. The molecule has 0 fully saturated rings. The van der Waals surface area contributed by atoms with Crippen molar-refractivity contribution in [1.82, 2.24) is 0 Å². The number of alkyl halides is 3. The van der Waals surface area contributed by atoms with Gasteiger partial charge in [0.05, 0.1) is 17.4 Å². The molecule has 3 rings (SSSR count). The third-order valence-corrected chi connectivity index (χ3v) is 3.85. The van der Waals surface area contributed by atoms with Gasteiger partial charge in [-0.05, 0) is 6.07 Å². The van der Waals surface area contributed by atoms with Crippen LogP contribution in [0.4, 0.5) is 13.2 Å². The highest BCUT2D eigenvalue weighted by Gasteiger charge is 2.50. The van der Waals surface area contributed by atoms with E-state index in [1.165, 1.54) is 25.3 Å². The monoisotopic (exact) mass is 334 g/mol. The van der Waals surface area contributed by atoms with E-state index in [-0.39, 0.29) is 11.1 Å².